The third kappa shape index (κ3) is 4.66. The van der Waals surface area contributed by atoms with Crippen molar-refractivity contribution in [2.45, 2.75) is 24.9 Å². The van der Waals surface area contributed by atoms with Crippen LogP contribution in [0.2, 0.25) is 0 Å². The summed E-state index contributed by atoms with van der Waals surface area (Å²) in [5, 5.41) is 6.30. The summed E-state index contributed by atoms with van der Waals surface area (Å²) in [5.74, 6) is 0. The maximum atomic E-state index is 5.91. The molecule has 0 aliphatic heterocycles. The Bertz CT molecular complexity index is 97.1. The Hall–Kier alpha value is -0.160. The van der Waals surface area contributed by atoms with E-state index in [1.165, 1.54) is 0 Å². The summed E-state index contributed by atoms with van der Waals surface area (Å²) in [6.07, 6.45) is 1.93. The summed E-state index contributed by atoms with van der Waals surface area (Å²) in [6, 6.07) is 0.550. The largest absolute Gasteiger partial charge is 0.330 e. The highest BCUT2D eigenvalue weighted by Gasteiger charge is 2.13. The first-order valence-corrected chi connectivity index (χ1v) is 4.53. The fraction of sp³-hybridized carbons (Fsp3) is 1.00. The van der Waals surface area contributed by atoms with E-state index in [1.54, 1.807) is 0 Å². The van der Waals surface area contributed by atoms with Gasteiger partial charge in [-0.2, -0.15) is 0 Å². The third-order valence-corrected chi connectivity index (χ3v) is 2.09. The average molecular weight is 174 g/mol. The van der Waals surface area contributed by atoms with Gasteiger partial charge in [-0.3, -0.25) is 0 Å². The molecule has 74 valence electrons. The molecule has 4 nitrogen and oxygen atoms in total. The van der Waals surface area contributed by atoms with E-state index in [1.807, 2.05) is 14.1 Å². The molecule has 0 aromatic heterocycles. The Morgan fingerprint density at radius 1 is 1.25 bits per heavy atom. The summed E-state index contributed by atoms with van der Waals surface area (Å²) in [4.78, 5) is 0. The summed E-state index contributed by atoms with van der Waals surface area (Å²) in [7, 11) is 3.89. The smallest absolute Gasteiger partial charge is 0.0228 e. The summed E-state index contributed by atoms with van der Waals surface area (Å²) in [6.45, 7) is 1.66. The Kier molecular flexibility index (Phi) is 7.39. The van der Waals surface area contributed by atoms with Gasteiger partial charge in [0.05, 0.1) is 0 Å². The van der Waals surface area contributed by atoms with Gasteiger partial charge in [-0.25, -0.2) is 0 Å². The maximum absolute atomic E-state index is 5.91. The van der Waals surface area contributed by atoms with Crippen molar-refractivity contribution in [3.63, 3.8) is 0 Å². The first-order valence-electron chi connectivity index (χ1n) is 4.53. The molecule has 0 aromatic rings. The van der Waals surface area contributed by atoms with Gasteiger partial charge in [-0.1, -0.05) is 0 Å². The van der Waals surface area contributed by atoms with Crippen molar-refractivity contribution >= 4 is 0 Å². The molecular weight excluding hydrogens is 152 g/mol. The highest BCUT2D eigenvalue weighted by molar-refractivity contribution is 4.78. The molecule has 0 aliphatic carbocycles. The van der Waals surface area contributed by atoms with E-state index in [2.05, 4.69) is 10.6 Å². The molecule has 0 rings (SSSR count). The molecule has 0 bridgehead atoms. The van der Waals surface area contributed by atoms with Crippen LogP contribution in [0.4, 0.5) is 0 Å². The monoisotopic (exact) mass is 174 g/mol. The summed E-state index contributed by atoms with van der Waals surface area (Å²) in [5.41, 5.74) is 11.3. The zero-order chi connectivity index (χ0) is 9.40. The van der Waals surface area contributed by atoms with Crippen LogP contribution in [0.5, 0.6) is 0 Å². The van der Waals surface area contributed by atoms with Crippen LogP contribution in [0.3, 0.4) is 0 Å². The van der Waals surface area contributed by atoms with Crippen molar-refractivity contribution in [2.75, 3.05) is 27.2 Å². The van der Waals surface area contributed by atoms with Crippen molar-refractivity contribution in [1.82, 2.24) is 10.6 Å². The lowest BCUT2D eigenvalue weighted by molar-refractivity contribution is 0.413. The molecule has 2 unspecified atom stereocenters. The van der Waals surface area contributed by atoms with Gasteiger partial charge in [-0.15, -0.1) is 0 Å². The van der Waals surface area contributed by atoms with Crippen LogP contribution in [-0.2, 0) is 0 Å². The van der Waals surface area contributed by atoms with Crippen LogP contribution in [-0.4, -0.2) is 39.3 Å². The molecule has 0 radical (unpaired) electrons. The van der Waals surface area contributed by atoms with Gasteiger partial charge in [0, 0.05) is 12.1 Å². The number of hydrogen-bond donors (Lipinski definition) is 4. The van der Waals surface area contributed by atoms with Crippen LogP contribution in [0.15, 0.2) is 0 Å². The number of likely N-dealkylation sites (N-methyl/N-ethyl adjacent to an activating group) is 1. The minimum Gasteiger partial charge on any atom is -0.330 e. The van der Waals surface area contributed by atoms with E-state index in [0.29, 0.717) is 12.6 Å². The predicted molar refractivity (Wildman–Crippen MR) is 53.0 cm³/mol. The Morgan fingerprint density at radius 2 is 1.92 bits per heavy atom. The van der Waals surface area contributed by atoms with Gasteiger partial charge < -0.3 is 22.1 Å². The molecule has 6 N–H and O–H groups in total. The predicted octanol–water partition coefficient (Wildman–Crippen LogP) is -1.14. The second-order valence-electron chi connectivity index (χ2n) is 3.03. The summed E-state index contributed by atoms with van der Waals surface area (Å²) >= 11 is 0. The van der Waals surface area contributed by atoms with Gasteiger partial charge in [0.25, 0.3) is 0 Å². The molecule has 0 amide bonds. The van der Waals surface area contributed by atoms with Crippen LogP contribution in [0.1, 0.15) is 12.8 Å². The van der Waals surface area contributed by atoms with Crippen molar-refractivity contribution in [3.05, 3.63) is 0 Å². The first kappa shape index (κ1) is 11.8. The molecular formula is C8H22N4. The lowest BCUT2D eigenvalue weighted by Crippen LogP contribution is -2.45. The number of rotatable bonds is 7. The van der Waals surface area contributed by atoms with Gasteiger partial charge in [0.2, 0.25) is 0 Å². The lowest BCUT2D eigenvalue weighted by Gasteiger charge is -2.22. The van der Waals surface area contributed by atoms with Gasteiger partial charge in [-0.05, 0) is 40.0 Å². The van der Waals surface area contributed by atoms with Gasteiger partial charge >= 0.3 is 0 Å². The van der Waals surface area contributed by atoms with E-state index in [0.717, 1.165) is 19.4 Å². The maximum Gasteiger partial charge on any atom is 0.0228 e. The molecule has 12 heavy (non-hydrogen) atoms. The van der Waals surface area contributed by atoms with Crippen LogP contribution >= 0.6 is 0 Å². The minimum absolute atomic E-state index is 0.174. The van der Waals surface area contributed by atoms with E-state index in [-0.39, 0.29) is 6.04 Å². The standard InChI is InChI=1S/C8H22N4/c1-11-6-4-8(12-2)7(10)3-5-9/h7-8,11-12H,3-6,9-10H2,1-2H3. The third-order valence-electron chi connectivity index (χ3n) is 2.09. The van der Waals surface area contributed by atoms with Crippen LogP contribution in [0.25, 0.3) is 0 Å². The normalized spacial score (nSPS) is 16.0. The molecule has 0 aliphatic rings. The molecule has 0 aromatic carbocycles. The quantitative estimate of drug-likeness (QED) is 0.393. The zero-order valence-corrected chi connectivity index (χ0v) is 8.14. The number of hydrogen-bond acceptors (Lipinski definition) is 4. The molecule has 2 atom stereocenters. The minimum atomic E-state index is 0.174. The zero-order valence-electron chi connectivity index (χ0n) is 8.14. The lowest BCUT2D eigenvalue weighted by atomic mass is 10.0. The number of nitrogens with two attached hydrogens (primary N) is 2. The van der Waals surface area contributed by atoms with Crippen LogP contribution in [0, 0.1) is 0 Å². The average Bonchev–Trinajstić information content (AvgIpc) is 2.06. The SMILES string of the molecule is CNCCC(NC)C(N)CCN. The molecule has 0 saturated heterocycles. The topological polar surface area (TPSA) is 76.1 Å². The van der Waals surface area contributed by atoms with Crippen LogP contribution < -0.4 is 22.1 Å². The fourth-order valence-corrected chi connectivity index (χ4v) is 1.27. The van der Waals surface area contributed by atoms with Crippen molar-refractivity contribution in [3.8, 4) is 0 Å². The van der Waals surface area contributed by atoms with Crippen molar-refractivity contribution in [1.29, 1.82) is 0 Å². The number of nitrogens with one attached hydrogen (secondary N) is 2. The van der Waals surface area contributed by atoms with E-state index < -0.39 is 0 Å². The van der Waals surface area contributed by atoms with Gasteiger partial charge in [0.15, 0.2) is 0 Å². The van der Waals surface area contributed by atoms with E-state index in [4.69, 9.17) is 11.5 Å². The molecule has 0 saturated carbocycles. The Morgan fingerprint density at radius 3 is 2.33 bits per heavy atom. The van der Waals surface area contributed by atoms with E-state index >= 15 is 0 Å². The molecule has 0 fully saturated rings. The fourth-order valence-electron chi connectivity index (χ4n) is 1.27. The molecule has 4 heteroatoms. The highest BCUT2D eigenvalue weighted by Crippen LogP contribution is 1.98. The van der Waals surface area contributed by atoms with E-state index in [9.17, 15) is 0 Å². The van der Waals surface area contributed by atoms with Crippen molar-refractivity contribution in [2.24, 2.45) is 11.5 Å². The molecule has 0 spiro atoms. The summed E-state index contributed by atoms with van der Waals surface area (Å²) < 4.78 is 0. The second-order valence-corrected chi connectivity index (χ2v) is 3.03. The van der Waals surface area contributed by atoms with Gasteiger partial charge in [0.1, 0.15) is 0 Å². The molecule has 0 heterocycles. The Balaban J connectivity index is 3.62. The second kappa shape index (κ2) is 7.49. The highest BCUT2D eigenvalue weighted by atomic mass is 14.9. The van der Waals surface area contributed by atoms with Crippen molar-refractivity contribution < 1.29 is 0 Å². The first-order chi connectivity index (χ1) is 5.76. The Labute approximate surface area is 75.1 Å².